The maximum absolute atomic E-state index is 11.6. The van der Waals surface area contributed by atoms with Gasteiger partial charge in [-0.2, -0.15) is 0 Å². The Bertz CT molecular complexity index is 505. The molecule has 0 saturated carbocycles. The molecule has 0 bridgehead atoms. The molecule has 0 aliphatic rings. The van der Waals surface area contributed by atoms with Crippen LogP contribution in [-0.2, 0) is 4.79 Å². The number of aromatic nitrogens is 3. The fourth-order valence-corrected chi connectivity index (χ4v) is 1.43. The van der Waals surface area contributed by atoms with Gasteiger partial charge in [-0.05, 0) is 24.6 Å². The van der Waals surface area contributed by atoms with Crippen LogP contribution >= 0.6 is 0 Å². The second kappa shape index (κ2) is 7.05. The average Bonchev–Trinajstić information content (AvgIpc) is 2.46. The first-order chi connectivity index (χ1) is 9.34. The van der Waals surface area contributed by atoms with Gasteiger partial charge in [0, 0.05) is 18.8 Å². The first-order valence-corrected chi connectivity index (χ1v) is 5.93. The van der Waals surface area contributed by atoms with Crippen molar-refractivity contribution in [1.82, 2.24) is 15.0 Å². The van der Waals surface area contributed by atoms with Crippen LogP contribution in [0, 0.1) is 0 Å². The lowest BCUT2D eigenvalue weighted by Crippen LogP contribution is -2.13. The Kier molecular flexibility index (Phi) is 4.80. The molecule has 0 unspecified atom stereocenters. The number of carbonyl (C=O) groups excluding carboxylic acids is 1. The lowest BCUT2D eigenvalue weighted by atomic mass is 10.3. The van der Waals surface area contributed by atoms with Crippen LogP contribution in [0.5, 0.6) is 5.75 Å². The van der Waals surface area contributed by atoms with Crippen molar-refractivity contribution in [3.8, 4) is 5.75 Å². The van der Waals surface area contributed by atoms with Crippen molar-refractivity contribution >= 4 is 11.7 Å². The topological polar surface area (TPSA) is 77.0 Å². The molecule has 6 nitrogen and oxygen atoms in total. The Morgan fingerprint density at radius 1 is 1.26 bits per heavy atom. The number of carbonyl (C=O) groups is 1. The first kappa shape index (κ1) is 12.9. The summed E-state index contributed by atoms with van der Waals surface area (Å²) in [6.07, 6.45) is 7.30. The van der Waals surface area contributed by atoms with Crippen LogP contribution < -0.4 is 10.1 Å². The zero-order valence-electron chi connectivity index (χ0n) is 10.3. The summed E-state index contributed by atoms with van der Waals surface area (Å²) in [6, 6.07) is 5.27. The normalized spacial score (nSPS) is 9.89. The molecule has 0 fully saturated rings. The van der Waals surface area contributed by atoms with Crippen LogP contribution in [0.15, 0.2) is 43.1 Å². The van der Waals surface area contributed by atoms with Gasteiger partial charge < -0.3 is 10.1 Å². The van der Waals surface area contributed by atoms with Crippen molar-refractivity contribution in [3.05, 3.63) is 43.1 Å². The largest absolute Gasteiger partial charge is 0.492 e. The van der Waals surface area contributed by atoms with Crippen LogP contribution in [0.1, 0.15) is 12.8 Å². The van der Waals surface area contributed by atoms with E-state index in [9.17, 15) is 4.79 Å². The highest BCUT2D eigenvalue weighted by Crippen LogP contribution is 2.07. The standard InChI is InChI=1S/C13H14N4O2/c18-13(17-12-5-7-15-10-16-12)4-2-8-19-11-3-1-6-14-9-11/h1,3,5-7,9-10H,2,4,8H2,(H,15,16,17,18). The van der Waals surface area contributed by atoms with E-state index in [2.05, 4.69) is 20.3 Å². The van der Waals surface area contributed by atoms with Crippen molar-refractivity contribution in [2.24, 2.45) is 0 Å². The molecule has 0 radical (unpaired) electrons. The second-order valence-corrected chi connectivity index (χ2v) is 3.78. The highest BCUT2D eigenvalue weighted by Gasteiger charge is 2.03. The summed E-state index contributed by atoms with van der Waals surface area (Å²) < 4.78 is 5.44. The van der Waals surface area contributed by atoms with Crippen molar-refractivity contribution in [3.63, 3.8) is 0 Å². The molecule has 1 N–H and O–H groups in total. The molecular formula is C13H14N4O2. The third-order valence-corrected chi connectivity index (χ3v) is 2.30. The molecule has 2 heterocycles. The Morgan fingerprint density at radius 3 is 2.95 bits per heavy atom. The molecule has 0 saturated heterocycles. The van der Waals surface area contributed by atoms with E-state index in [1.165, 1.54) is 6.33 Å². The Morgan fingerprint density at radius 2 is 2.21 bits per heavy atom. The van der Waals surface area contributed by atoms with E-state index in [0.717, 1.165) is 0 Å². The predicted molar refractivity (Wildman–Crippen MR) is 69.6 cm³/mol. The van der Waals surface area contributed by atoms with E-state index in [-0.39, 0.29) is 5.91 Å². The lowest BCUT2D eigenvalue weighted by molar-refractivity contribution is -0.116. The summed E-state index contributed by atoms with van der Waals surface area (Å²) in [5, 5.41) is 2.68. The van der Waals surface area contributed by atoms with Gasteiger partial charge in [0.2, 0.25) is 5.91 Å². The molecule has 0 aromatic carbocycles. The van der Waals surface area contributed by atoms with Crippen LogP contribution in [0.25, 0.3) is 0 Å². The van der Waals surface area contributed by atoms with Gasteiger partial charge in [0.05, 0.1) is 12.8 Å². The van der Waals surface area contributed by atoms with Gasteiger partial charge in [-0.25, -0.2) is 9.97 Å². The van der Waals surface area contributed by atoms with Crippen molar-refractivity contribution in [2.75, 3.05) is 11.9 Å². The Hall–Kier alpha value is -2.50. The SMILES string of the molecule is O=C(CCCOc1cccnc1)Nc1ccncn1. The van der Waals surface area contributed by atoms with E-state index in [1.54, 1.807) is 30.7 Å². The molecule has 0 atom stereocenters. The number of hydrogen-bond acceptors (Lipinski definition) is 5. The van der Waals surface area contributed by atoms with E-state index in [1.807, 2.05) is 6.07 Å². The van der Waals surface area contributed by atoms with Crippen molar-refractivity contribution < 1.29 is 9.53 Å². The number of pyridine rings is 1. The fraction of sp³-hybridized carbons (Fsp3) is 0.231. The summed E-state index contributed by atoms with van der Waals surface area (Å²) in [6.45, 7) is 0.475. The molecule has 98 valence electrons. The second-order valence-electron chi connectivity index (χ2n) is 3.78. The van der Waals surface area contributed by atoms with Gasteiger partial charge in [0.1, 0.15) is 17.9 Å². The minimum atomic E-state index is -0.0894. The number of nitrogens with one attached hydrogen (secondary N) is 1. The molecule has 0 spiro atoms. The highest BCUT2D eigenvalue weighted by molar-refractivity contribution is 5.89. The third kappa shape index (κ3) is 4.71. The summed E-state index contributed by atoms with van der Waals surface area (Å²) >= 11 is 0. The maximum Gasteiger partial charge on any atom is 0.225 e. The van der Waals surface area contributed by atoms with Crippen LogP contribution in [0.2, 0.25) is 0 Å². The number of nitrogens with zero attached hydrogens (tertiary/aromatic N) is 3. The summed E-state index contributed by atoms with van der Waals surface area (Å²) in [5.74, 6) is 1.13. The first-order valence-electron chi connectivity index (χ1n) is 5.93. The minimum Gasteiger partial charge on any atom is -0.492 e. The molecule has 19 heavy (non-hydrogen) atoms. The number of rotatable bonds is 6. The summed E-state index contributed by atoms with van der Waals surface area (Å²) in [4.78, 5) is 23.2. The van der Waals surface area contributed by atoms with E-state index in [0.29, 0.717) is 31.0 Å². The number of ether oxygens (including phenoxy) is 1. The molecular weight excluding hydrogens is 244 g/mol. The molecule has 2 aromatic rings. The zero-order valence-corrected chi connectivity index (χ0v) is 10.3. The predicted octanol–water partition coefficient (Wildman–Crippen LogP) is 1.67. The van der Waals surface area contributed by atoms with E-state index >= 15 is 0 Å². The van der Waals surface area contributed by atoms with E-state index < -0.39 is 0 Å². The maximum atomic E-state index is 11.6. The van der Waals surface area contributed by atoms with Gasteiger partial charge in [-0.1, -0.05) is 0 Å². The van der Waals surface area contributed by atoms with Gasteiger partial charge >= 0.3 is 0 Å². The average molecular weight is 258 g/mol. The van der Waals surface area contributed by atoms with Crippen LogP contribution in [0.4, 0.5) is 5.82 Å². The minimum absolute atomic E-state index is 0.0894. The molecule has 6 heteroatoms. The molecule has 2 rings (SSSR count). The van der Waals surface area contributed by atoms with Gasteiger partial charge in [0.25, 0.3) is 0 Å². The molecule has 1 amide bonds. The number of amides is 1. The Labute approximate surface area is 110 Å². The monoisotopic (exact) mass is 258 g/mol. The quantitative estimate of drug-likeness (QED) is 0.797. The van der Waals surface area contributed by atoms with Crippen molar-refractivity contribution in [1.29, 1.82) is 0 Å². The van der Waals surface area contributed by atoms with Crippen LogP contribution in [-0.4, -0.2) is 27.5 Å². The molecule has 0 aliphatic carbocycles. The van der Waals surface area contributed by atoms with Crippen LogP contribution in [0.3, 0.4) is 0 Å². The number of anilines is 1. The Balaban J connectivity index is 1.65. The number of hydrogen-bond donors (Lipinski definition) is 1. The highest BCUT2D eigenvalue weighted by atomic mass is 16.5. The molecule has 0 aliphatic heterocycles. The third-order valence-electron chi connectivity index (χ3n) is 2.30. The van der Waals surface area contributed by atoms with Gasteiger partial charge in [-0.15, -0.1) is 0 Å². The molecule has 2 aromatic heterocycles. The van der Waals surface area contributed by atoms with E-state index in [4.69, 9.17) is 4.74 Å². The van der Waals surface area contributed by atoms with Crippen molar-refractivity contribution in [2.45, 2.75) is 12.8 Å². The van der Waals surface area contributed by atoms with Gasteiger partial charge in [-0.3, -0.25) is 9.78 Å². The lowest BCUT2D eigenvalue weighted by Gasteiger charge is -2.05. The van der Waals surface area contributed by atoms with Gasteiger partial charge in [0.15, 0.2) is 0 Å². The zero-order chi connectivity index (χ0) is 13.3. The summed E-state index contributed by atoms with van der Waals surface area (Å²) in [7, 11) is 0. The smallest absolute Gasteiger partial charge is 0.225 e. The summed E-state index contributed by atoms with van der Waals surface area (Å²) in [5.41, 5.74) is 0. The fourth-order valence-electron chi connectivity index (χ4n) is 1.43.